The summed E-state index contributed by atoms with van der Waals surface area (Å²) in [7, 11) is 1.78. The number of amides is 1. The summed E-state index contributed by atoms with van der Waals surface area (Å²) in [5.74, 6) is 0.685. The van der Waals surface area contributed by atoms with Gasteiger partial charge in [-0.25, -0.2) is 4.98 Å². The Labute approximate surface area is 116 Å². The number of nitrogens with zero attached hydrogens (tertiary/aromatic N) is 2. The third-order valence-corrected chi connectivity index (χ3v) is 3.52. The number of hydrogen-bond acceptors (Lipinski definition) is 4. The summed E-state index contributed by atoms with van der Waals surface area (Å²) in [6.45, 7) is 0.725. The average molecular weight is 276 g/mol. The van der Waals surface area contributed by atoms with E-state index in [4.69, 9.17) is 4.74 Å². The van der Waals surface area contributed by atoms with Gasteiger partial charge in [-0.3, -0.25) is 4.79 Å². The SMILES string of the molecule is CN(CCc1nccs1)C(=O)COc1ccccc1. The number of rotatable bonds is 6. The summed E-state index contributed by atoms with van der Waals surface area (Å²) < 4.78 is 5.42. The molecule has 1 amide bonds. The van der Waals surface area contributed by atoms with Crippen LogP contribution < -0.4 is 4.74 Å². The molecule has 0 saturated heterocycles. The van der Waals surface area contributed by atoms with Crippen LogP contribution >= 0.6 is 11.3 Å². The number of thiazole rings is 1. The Morgan fingerprint density at radius 1 is 1.37 bits per heavy atom. The second-order valence-electron chi connectivity index (χ2n) is 4.09. The van der Waals surface area contributed by atoms with Gasteiger partial charge in [-0.15, -0.1) is 11.3 Å². The maximum atomic E-state index is 11.9. The van der Waals surface area contributed by atoms with Gasteiger partial charge in [0.1, 0.15) is 5.75 Å². The fraction of sp³-hybridized carbons (Fsp3) is 0.286. The summed E-state index contributed by atoms with van der Waals surface area (Å²) in [5.41, 5.74) is 0. The molecule has 2 aromatic rings. The normalized spacial score (nSPS) is 10.2. The number of carbonyl (C=O) groups excluding carboxylic acids is 1. The van der Waals surface area contributed by atoms with Crippen LogP contribution in [-0.4, -0.2) is 36.0 Å². The Bertz CT molecular complexity index is 499. The highest BCUT2D eigenvalue weighted by Crippen LogP contribution is 2.08. The zero-order valence-corrected chi connectivity index (χ0v) is 11.6. The Hall–Kier alpha value is -1.88. The number of carbonyl (C=O) groups is 1. The zero-order chi connectivity index (χ0) is 13.5. The highest BCUT2D eigenvalue weighted by atomic mass is 32.1. The van der Waals surface area contributed by atoms with E-state index >= 15 is 0 Å². The quantitative estimate of drug-likeness (QED) is 0.812. The lowest BCUT2D eigenvalue weighted by Crippen LogP contribution is -2.33. The van der Waals surface area contributed by atoms with Crippen LogP contribution in [0.15, 0.2) is 41.9 Å². The largest absolute Gasteiger partial charge is 0.484 e. The molecule has 1 aromatic carbocycles. The zero-order valence-electron chi connectivity index (χ0n) is 10.8. The van der Waals surface area contributed by atoms with Crippen LogP contribution in [-0.2, 0) is 11.2 Å². The van der Waals surface area contributed by atoms with Crippen molar-refractivity contribution in [3.05, 3.63) is 46.9 Å². The van der Waals surface area contributed by atoms with Crippen molar-refractivity contribution in [3.63, 3.8) is 0 Å². The number of hydrogen-bond donors (Lipinski definition) is 0. The van der Waals surface area contributed by atoms with Crippen molar-refractivity contribution in [2.24, 2.45) is 0 Å². The monoisotopic (exact) mass is 276 g/mol. The number of para-hydroxylation sites is 1. The predicted octanol–water partition coefficient (Wildman–Crippen LogP) is 2.22. The van der Waals surface area contributed by atoms with E-state index in [0.717, 1.165) is 11.4 Å². The number of ether oxygens (including phenoxy) is 1. The molecule has 1 aromatic heterocycles. The van der Waals surface area contributed by atoms with Gasteiger partial charge in [-0.2, -0.15) is 0 Å². The van der Waals surface area contributed by atoms with Crippen LogP contribution in [0.5, 0.6) is 5.75 Å². The molecule has 0 aliphatic heterocycles. The fourth-order valence-electron chi connectivity index (χ4n) is 1.54. The molecule has 2 rings (SSSR count). The lowest BCUT2D eigenvalue weighted by Gasteiger charge is -2.16. The molecule has 0 aliphatic carbocycles. The predicted molar refractivity (Wildman–Crippen MR) is 75.4 cm³/mol. The third kappa shape index (κ3) is 4.37. The molecule has 0 bridgehead atoms. The highest BCUT2D eigenvalue weighted by molar-refractivity contribution is 7.09. The van der Waals surface area contributed by atoms with Crippen molar-refractivity contribution in [2.45, 2.75) is 6.42 Å². The standard InChI is InChI=1S/C14H16N2O2S/c1-16(9-7-13-15-8-10-19-13)14(17)11-18-12-5-3-2-4-6-12/h2-6,8,10H,7,9,11H2,1H3. The lowest BCUT2D eigenvalue weighted by molar-refractivity contribution is -0.132. The Balaban J connectivity index is 1.73. The minimum absolute atomic E-state index is 0.0274. The molecule has 0 aliphatic rings. The third-order valence-electron chi connectivity index (χ3n) is 2.68. The van der Waals surface area contributed by atoms with Gasteiger partial charge in [0.05, 0.1) is 5.01 Å². The molecule has 5 heteroatoms. The summed E-state index contributed by atoms with van der Waals surface area (Å²) in [5, 5.41) is 2.99. The second kappa shape index (κ2) is 6.89. The molecule has 0 spiro atoms. The molecule has 0 radical (unpaired) electrons. The van der Waals surface area contributed by atoms with Crippen molar-refractivity contribution in [3.8, 4) is 5.75 Å². The fourth-order valence-corrected chi connectivity index (χ4v) is 2.15. The van der Waals surface area contributed by atoms with E-state index in [-0.39, 0.29) is 12.5 Å². The van der Waals surface area contributed by atoms with E-state index in [1.165, 1.54) is 0 Å². The molecule has 0 unspecified atom stereocenters. The van der Waals surface area contributed by atoms with E-state index < -0.39 is 0 Å². The molecule has 100 valence electrons. The first-order chi connectivity index (χ1) is 9.25. The molecule has 0 saturated carbocycles. The van der Waals surface area contributed by atoms with Gasteiger partial charge < -0.3 is 9.64 Å². The average Bonchev–Trinajstić information content (AvgIpc) is 2.96. The first-order valence-electron chi connectivity index (χ1n) is 6.06. The summed E-state index contributed by atoms with van der Waals surface area (Å²) in [6.07, 6.45) is 2.56. The maximum Gasteiger partial charge on any atom is 0.260 e. The van der Waals surface area contributed by atoms with E-state index in [1.54, 1.807) is 29.5 Å². The van der Waals surface area contributed by atoms with Crippen LogP contribution in [0.3, 0.4) is 0 Å². The topological polar surface area (TPSA) is 42.4 Å². The van der Waals surface area contributed by atoms with Gasteiger partial charge >= 0.3 is 0 Å². The van der Waals surface area contributed by atoms with Crippen molar-refractivity contribution < 1.29 is 9.53 Å². The van der Waals surface area contributed by atoms with E-state index in [1.807, 2.05) is 35.7 Å². The molecule has 19 heavy (non-hydrogen) atoms. The first kappa shape index (κ1) is 13.5. The van der Waals surface area contributed by atoms with Gasteiger partial charge in [0.15, 0.2) is 6.61 Å². The van der Waals surface area contributed by atoms with E-state index in [0.29, 0.717) is 12.3 Å². The molecule has 0 atom stereocenters. The van der Waals surface area contributed by atoms with Gasteiger partial charge in [0, 0.05) is 31.6 Å². The van der Waals surface area contributed by atoms with Gasteiger partial charge in [0.25, 0.3) is 5.91 Å². The second-order valence-corrected chi connectivity index (χ2v) is 5.07. The minimum atomic E-state index is -0.0274. The Morgan fingerprint density at radius 2 is 2.16 bits per heavy atom. The van der Waals surface area contributed by atoms with Crippen LogP contribution in [0.4, 0.5) is 0 Å². The van der Waals surface area contributed by atoms with Gasteiger partial charge in [0.2, 0.25) is 0 Å². The summed E-state index contributed by atoms with van der Waals surface area (Å²) >= 11 is 1.61. The van der Waals surface area contributed by atoms with Crippen molar-refractivity contribution >= 4 is 17.2 Å². The van der Waals surface area contributed by atoms with Crippen molar-refractivity contribution in [2.75, 3.05) is 20.2 Å². The number of likely N-dealkylation sites (N-methyl/N-ethyl adjacent to an activating group) is 1. The Kier molecular flexibility index (Phi) is 4.92. The molecule has 0 fully saturated rings. The molecular weight excluding hydrogens is 260 g/mol. The number of benzene rings is 1. The molecule has 0 N–H and O–H groups in total. The number of aromatic nitrogens is 1. The molecule has 1 heterocycles. The Morgan fingerprint density at radius 3 is 2.84 bits per heavy atom. The highest BCUT2D eigenvalue weighted by Gasteiger charge is 2.10. The van der Waals surface area contributed by atoms with Crippen molar-refractivity contribution in [1.29, 1.82) is 0 Å². The van der Waals surface area contributed by atoms with Gasteiger partial charge in [-0.1, -0.05) is 18.2 Å². The maximum absolute atomic E-state index is 11.9. The van der Waals surface area contributed by atoms with Crippen LogP contribution in [0.2, 0.25) is 0 Å². The molecule has 4 nitrogen and oxygen atoms in total. The van der Waals surface area contributed by atoms with Crippen LogP contribution in [0, 0.1) is 0 Å². The summed E-state index contributed by atoms with van der Waals surface area (Å²) in [4.78, 5) is 17.7. The smallest absolute Gasteiger partial charge is 0.260 e. The van der Waals surface area contributed by atoms with E-state index in [2.05, 4.69) is 4.98 Å². The van der Waals surface area contributed by atoms with Crippen molar-refractivity contribution in [1.82, 2.24) is 9.88 Å². The van der Waals surface area contributed by atoms with Crippen LogP contribution in [0.1, 0.15) is 5.01 Å². The first-order valence-corrected chi connectivity index (χ1v) is 6.94. The van der Waals surface area contributed by atoms with Gasteiger partial charge in [-0.05, 0) is 12.1 Å². The van der Waals surface area contributed by atoms with Crippen LogP contribution in [0.25, 0.3) is 0 Å². The van der Waals surface area contributed by atoms with E-state index in [9.17, 15) is 4.79 Å². The minimum Gasteiger partial charge on any atom is -0.484 e. The molecular formula is C14H16N2O2S. The lowest BCUT2D eigenvalue weighted by atomic mass is 10.3. The summed E-state index contributed by atoms with van der Waals surface area (Å²) in [6, 6.07) is 9.35.